The summed E-state index contributed by atoms with van der Waals surface area (Å²) in [6.45, 7) is 20.5. The summed E-state index contributed by atoms with van der Waals surface area (Å²) in [5, 5.41) is 4.66. The van der Waals surface area contributed by atoms with E-state index in [-0.39, 0.29) is 38.5 Å². The zero-order chi connectivity index (χ0) is 44.7. The molecule has 11 nitrogen and oxygen atoms in total. The number of hydrogen-bond donors (Lipinski definition) is 2. The number of thioether (sulfide) groups is 1. The van der Waals surface area contributed by atoms with Gasteiger partial charge in [0.1, 0.15) is 22.7 Å². The van der Waals surface area contributed by atoms with Gasteiger partial charge in [0.05, 0.1) is 14.2 Å². The summed E-state index contributed by atoms with van der Waals surface area (Å²) >= 11 is 1.75. The molecule has 0 rings (SSSR count). The number of alkyl halides is 6. The average molecular weight is 809 g/mol. The first-order valence-electron chi connectivity index (χ1n) is 15.8. The average Bonchev–Trinajstić information content (AvgIpc) is 3.04. The summed E-state index contributed by atoms with van der Waals surface area (Å²) in [6, 6.07) is 0. The molecule has 19 heteroatoms. The number of methoxy groups -OCH3 is 3. The Morgan fingerprint density at radius 1 is 0.608 bits per heavy atom. The van der Waals surface area contributed by atoms with Crippen molar-refractivity contribution in [1.82, 2.24) is 10.6 Å². The standard InChI is InChI=1S/C5H6F6.C5H10N2O2.C5H8O4.C3H8.C2H6O2S.C2H6O.C2H6S.4C2H6/c1-3(2,4(6,7)8)5(9,10)11;1-6-4(8)3-5(9)7-2;1-8-4(6)3-5(7)9-2;1-3-2;1-5(2,3)4;2*1-3-2;4*1-2/h1-2H3;3H2,1-2H3,(H,6,8)(H,7,9);3H2,1-2H3;3H2,1-2H3;1-2H3;2*1-2H3;4*1-2H3. The predicted molar refractivity (Wildman–Crippen MR) is 202 cm³/mol. The first kappa shape index (κ1) is 78.0. The van der Waals surface area contributed by atoms with Crippen molar-refractivity contribution in [2.24, 2.45) is 5.41 Å². The molecule has 0 fully saturated rings. The van der Waals surface area contributed by atoms with Gasteiger partial charge in [0.2, 0.25) is 11.8 Å². The van der Waals surface area contributed by atoms with Crippen LogP contribution in [0.4, 0.5) is 26.3 Å². The van der Waals surface area contributed by atoms with Crippen molar-refractivity contribution in [2.45, 2.75) is 115 Å². The van der Waals surface area contributed by atoms with Gasteiger partial charge in [-0.05, 0) is 26.4 Å². The Morgan fingerprint density at radius 2 is 0.765 bits per heavy atom. The highest BCUT2D eigenvalue weighted by Crippen LogP contribution is 2.49. The Labute approximate surface area is 311 Å². The smallest absolute Gasteiger partial charge is 0.402 e. The highest BCUT2D eigenvalue weighted by atomic mass is 32.2. The van der Waals surface area contributed by atoms with Gasteiger partial charge in [-0.2, -0.15) is 38.1 Å². The van der Waals surface area contributed by atoms with Crippen LogP contribution in [-0.4, -0.2) is 112 Å². The first-order chi connectivity index (χ1) is 23.1. The van der Waals surface area contributed by atoms with E-state index < -0.39 is 39.5 Å². The number of carbonyl (C=O) groups is 4. The van der Waals surface area contributed by atoms with Gasteiger partial charge in [0.15, 0.2) is 5.41 Å². The van der Waals surface area contributed by atoms with E-state index in [1.807, 2.05) is 67.9 Å². The van der Waals surface area contributed by atoms with E-state index in [9.17, 15) is 53.9 Å². The summed E-state index contributed by atoms with van der Waals surface area (Å²) in [6.07, 6.45) is -3.24. The fourth-order valence-corrected chi connectivity index (χ4v) is 0.746. The van der Waals surface area contributed by atoms with Crippen LogP contribution in [0.2, 0.25) is 0 Å². The van der Waals surface area contributed by atoms with Crippen LogP contribution in [0.15, 0.2) is 0 Å². The molecule has 0 heterocycles. The summed E-state index contributed by atoms with van der Waals surface area (Å²) in [5.41, 5.74) is -3.62. The highest BCUT2D eigenvalue weighted by Gasteiger charge is 2.64. The van der Waals surface area contributed by atoms with E-state index >= 15 is 0 Å². The third-order valence-corrected chi connectivity index (χ3v) is 3.04. The molecule has 2 amide bonds. The van der Waals surface area contributed by atoms with Crippen LogP contribution < -0.4 is 10.6 Å². The van der Waals surface area contributed by atoms with Crippen LogP contribution in [0.5, 0.6) is 0 Å². The topological polar surface area (TPSA) is 154 Å². The Bertz CT molecular complexity index is 727. The minimum Gasteiger partial charge on any atom is -0.469 e. The normalized spacial score (nSPS) is 8.86. The lowest BCUT2D eigenvalue weighted by Crippen LogP contribution is -2.44. The summed E-state index contributed by atoms with van der Waals surface area (Å²) < 4.78 is 102. The molecular formula is C32H74F6N2O9S2. The molecule has 51 heavy (non-hydrogen) atoms. The van der Waals surface area contributed by atoms with Crippen molar-refractivity contribution < 1.29 is 68.1 Å². The minimum absolute atomic E-state index is 0.0903. The first-order valence-corrected chi connectivity index (χ1v) is 19.7. The number of amides is 2. The SMILES string of the molecule is CC.CC.CC.CC.CC(C)(C(F)(F)F)C(F)(F)F.CCC.CNC(=O)CC(=O)NC.COC.COC(=O)CC(=O)OC.CS(C)(=O)=O.CSC. The number of hydrogen-bond acceptors (Lipinski definition) is 10. The van der Waals surface area contributed by atoms with Gasteiger partial charge < -0.3 is 24.8 Å². The van der Waals surface area contributed by atoms with Crippen LogP contribution in [-0.2, 0) is 43.2 Å². The van der Waals surface area contributed by atoms with Crippen LogP contribution >= 0.6 is 11.8 Å². The number of carbonyl (C=O) groups excluding carboxylic acids is 4. The van der Waals surface area contributed by atoms with Gasteiger partial charge in [-0.1, -0.05) is 75.7 Å². The van der Waals surface area contributed by atoms with Crippen molar-refractivity contribution in [3.8, 4) is 0 Å². The van der Waals surface area contributed by atoms with Crippen molar-refractivity contribution in [3.05, 3.63) is 0 Å². The fraction of sp³-hybridized carbons (Fsp3) is 0.875. The molecule has 0 bridgehead atoms. The molecule has 0 radical (unpaired) electrons. The molecule has 0 saturated carbocycles. The maximum Gasteiger partial charge on any atom is 0.402 e. The number of nitrogens with one attached hydrogen (secondary N) is 2. The summed E-state index contributed by atoms with van der Waals surface area (Å²) in [4.78, 5) is 41.3. The summed E-state index contributed by atoms with van der Waals surface area (Å²) in [7, 11) is 5.99. The molecule has 0 spiro atoms. The van der Waals surface area contributed by atoms with E-state index in [0.29, 0.717) is 0 Å². The molecule has 0 aliphatic heterocycles. The molecule has 0 aliphatic rings. The number of ether oxygens (including phenoxy) is 3. The largest absolute Gasteiger partial charge is 0.469 e. The third-order valence-electron chi connectivity index (χ3n) is 3.04. The summed E-state index contributed by atoms with van der Waals surface area (Å²) in [5.74, 6) is -1.70. The lowest BCUT2D eigenvalue weighted by Gasteiger charge is -2.29. The molecule has 0 aliphatic carbocycles. The van der Waals surface area contributed by atoms with E-state index in [2.05, 4.69) is 38.7 Å². The van der Waals surface area contributed by atoms with Crippen molar-refractivity contribution >= 4 is 45.4 Å². The van der Waals surface area contributed by atoms with Crippen LogP contribution in [0.3, 0.4) is 0 Å². The van der Waals surface area contributed by atoms with Crippen LogP contribution in [0.25, 0.3) is 0 Å². The lowest BCUT2D eigenvalue weighted by molar-refractivity contribution is -0.327. The Balaban J connectivity index is -0.0000000411. The van der Waals surface area contributed by atoms with E-state index in [4.69, 9.17) is 0 Å². The number of esters is 2. The minimum atomic E-state index is -5.24. The van der Waals surface area contributed by atoms with E-state index in [1.165, 1.54) is 34.7 Å². The quantitative estimate of drug-likeness (QED) is 0.162. The molecule has 0 unspecified atom stereocenters. The molecule has 320 valence electrons. The maximum atomic E-state index is 11.6. The Morgan fingerprint density at radius 3 is 0.843 bits per heavy atom. The maximum absolute atomic E-state index is 11.6. The van der Waals surface area contributed by atoms with E-state index in [1.54, 1.807) is 26.0 Å². The fourth-order valence-electron chi connectivity index (χ4n) is 0.746. The van der Waals surface area contributed by atoms with E-state index in [0.717, 1.165) is 12.5 Å². The second-order valence-corrected chi connectivity index (χ2v) is 11.2. The van der Waals surface area contributed by atoms with Crippen LogP contribution in [0.1, 0.15) is 102 Å². The van der Waals surface area contributed by atoms with Gasteiger partial charge in [0.25, 0.3) is 0 Å². The van der Waals surface area contributed by atoms with Gasteiger partial charge in [-0.3, -0.25) is 19.2 Å². The van der Waals surface area contributed by atoms with Crippen molar-refractivity contribution in [1.29, 1.82) is 0 Å². The van der Waals surface area contributed by atoms with Gasteiger partial charge in [-0.25, -0.2) is 8.42 Å². The monoisotopic (exact) mass is 808 g/mol. The number of sulfone groups is 1. The molecule has 2 N–H and O–H groups in total. The molecule has 0 aromatic rings. The highest BCUT2D eigenvalue weighted by molar-refractivity contribution is 7.97. The number of halogens is 6. The van der Waals surface area contributed by atoms with Crippen molar-refractivity contribution in [2.75, 3.05) is 67.6 Å². The second-order valence-electron chi connectivity index (χ2n) is 8.14. The third kappa shape index (κ3) is 99.1. The zero-order valence-electron chi connectivity index (χ0n) is 35.4. The molecule has 0 aromatic carbocycles. The molecule has 0 saturated heterocycles. The lowest BCUT2D eigenvalue weighted by atomic mass is 9.92. The number of rotatable bonds is 4. The molecule has 0 atom stereocenters. The Kier molecular flexibility index (Phi) is 87.3. The Hall–Kier alpha value is -2.28. The predicted octanol–water partition coefficient (Wildman–Crippen LogP) is 8.15. The van der Waals surface area contributed by atoms with Gasteiger partial charge in [0, 0.05) is 40.8 Å². The van der Waals surface area contributed by atoms with Gasteiger partial charge in [-0.15, -0.1) is 0 Å². The molecule has 0 aromatic heterocycles. The van der Waals surface area contributed by atoms with Crippen LogP contribution in [0, 0.1) is 5.41 Å². The second kappa shape index (κ2) is 57.1. The van der Waals surface area contributed by atoms with Gasteiger partial charge >= 0.3 is 24.3 Å². The molecular weight excluding hydrogens is 734 g/mol. The zero-order valence-corrected chi connectivity index (χ0v) is 37.0. The van der Waals surface area contributed by atoms with Crippen molar-refractivity contribution in [3.63, 3.8) is 0 Å².